The third-order valence-corrected chi connectivity index (χ3v) is 1.76. The molecule has 0 heterocycles. The second-order valence-corrected chi connectivity index (χ2v) is 2.71. The first-order chi connectivity index (χ1) is 5.74. The number of rotatable bonds is 3. The van der Waals surface area contributed by atoms with E-state index in [1.54, 1.807) is 24.3 Å². The summed E-state index contributed by atoms with van der Waals surface area (Å²) >= 11 is 0. The number of aliphatic hydroxyl groups is 1. The van der Waals surface area contributed by atoms with Gasteiger partial charge in [0, 0.05) is 12.6 Å². The van der Waals surface area contributed by atoms with Crippen LogP contribution in [0.1, 0.15) is 18.0 Å². The molecule has 0 saturated carbocycles. The molecule has 13 heavy (non-hydrogen) atoms. The van der Waals surface area contributed by atoms with E-state index in [1.807, 2.05) is 0 Å². The first kappa shape index (κ1) is 12.2. The first-order valence-corrected chi connectivity index (χ1v) is 3.89. The van der Waals surface area contributed by atoms with Crippen LogP contribution in [-0.4, -0.2) is 16.8 Å². The molecule has 0 aliphatic rings. The summed E-state index contributed by atoms with van der Waals surface area (Å²) < 4.78 is 0. The van der Waals surface area contributed by atoms with E-state index in [2.05, 4.69) is 0 Å². The number of benzene rings is 1. The second kappa shape index (κ2) is 5.80. The smallest absolute Gasteiger partial charge is 0.115 e. The Hall–Kier alpha value is -0.770. The predicted octanol–water partition coefficient (Wildman–Crippen LogP) is 1.20. The highest BCUT2D eigenvalue weighted by atomic mass is 35.5. The van der Waals surface area contributed by atoms with Crippen LogP contribution in [0.5, 0.6) is 5.75 Å². The van der Waals surface area contributed by atoms with Crippen molar-refractivity contribution < 1.29 is 10.2 Å². The molecule has 0 unspecified atom stereocenters. The van der Waals surface area contributed by atoms with Crippen LogP contribution in [0, 0.1) is 0 Å². The minimum absolute atomic E-state index is 0. The summed E-state index contributed by atoms with van der Waals surface area (Å²) in [6.07, 6.45) is 0.546. The Labute approximate surface area is 83.6 Å². The lowest BCUT2D eigenvalue weighted by Gasteiger charge is -2.09. The predicted molar refractivity (Wildman–Crippen MR) is 54.0 cm³/mol. The van der Waals surface area contributed by atoms with E-state index in [9.17, 15) is 0 Å². The molecule has 0 amide bonds. The maximum absolute atomic E-state index is 8.98. The van der Waals surface area contributed by atoms with Gasteiger partial charge in [-0.1, -0.05) is 12.1 Å². The van der Waals surface area contributed by atoms with Crippen molar-refractivity contribution in [1.82, 2.24) is 0 Å². The molecule has 0 spiro atoms. The average Bonchev–Trinajstić information content (AvgIpc) is 2.06. The lowest BCUT2D eigenvalue weighted by Crippen LogP contribution is -2.11. The lowest BCUT2D eigenvalue weighted by atomic mass is 10.1. The Morgan fingerprint density at radius 3 is 2.23 bits per heavy atom. The Balaban J connectivity index is 0.00000144. The molecule has 1 aromatic rings. The Kier molecular flexibility index (Phi) is 5.46. The van der Waals surface area contributed by atoms with Gasteiger partial charge in [0.2, 0.25) is 0 Å². The fraction of sp³-hybridized carbons (Fsp3) is 0.333. The van der Waals surface area contributed by atoms with E-state index >= 15 is 0 Å². The van der Waals surface area contributed by atoms with Crippen molar-refractivity contribution in [3.05, 3.63) is 29.8 Å². The van der Waals surface area contributed by atoms with E-state index in [0.717, 1.165) is 5.56 Å². The number of hydrogen-bond donors (Lipinski definition) is 3. The number of phenols is 1. The number of aromatic hydroxyl groups is 1. The molecule has 0 aliphatic heterocycles. The molecule has 0 bridgehead atoms. The molecule has 0 aromatic heterocycles. The number of halogens is 1. The highest BCUT2D eigenvalue weighted by molar-refractivity contribution is 5.85. The maximum atomic E-state index is 8.98. The van der Waals surface area contributed by atoms with Gasteiger partial charge in [-0.3, -0.25) is 0 Å². The van der Waals surface area contributed by atoms with Gasteiger partial charge in [0.1, 0.15) is 5.75 Å². The summed E-state index contributed by atoms with van der Waals surface area (Å²) in [4.78, 5) is 0. The summed E-state index contributed by atoms with van der Waals surface area (Å²) in [5.74, 6) is 0.231. The highest BCUT2D eigenvalue weighted by Crippen LogP contribution is 2.16. The Morgan fingerprint density at radius 1 is 1.23 bits per heavy atom. The number of hydrogen-bond acceptors (Lipinski definition) is 3. The van der Waals surface area contributed by atoms with Gasteiger partial charge in [-0.05, 0) is 24.1 Å². The molecule has 0 radical (unpaired) electrons. The normalized spacial score (nSPS) is 11.8. The third-order valence-electron chi connectivity index (χ3n) is 1.76. The van der Waals surface area contributed by atoms with Crippen molar-refractivity contribution in [2.24, 2.45) is 5.73 Å². The van der Waals surface area contributed by atoms with E-state index in [4.69, 9.17) is 15.9 Å². The van der Waals surface area contributed by atoms with Gasteiger partial charge in [-0.15, -0.1) is 12.4 Å². The van der Waals surface area contributed by atoms with Crippen molar-refractivity contribution in [3.63, 3.8) is 0 Å². The molecule has 0 aliphatic carbocycles. The molecule has 74 valence electrons. The second-order valence-electron chi connectivity index (χ2n) is 2.71. The average molecular weight is 204 g/mol. The quantitative estimate of drug-likeness (QED) is 0.692. The molecular weight excluding hydrogens is 190 g/mol. The summed E-state index contributed by atoms with van der Waals surface area (Å²) in [6, 6.07) is 6.56. The van der Waals surface area contributed by atoms with Crippen LogP contribution in [0.15, 0.2) is 24.3 Å². The van der Waals surface area contributed by atoms with Crippen LogP contribution in [0.2, 0.25) is 0 Å². The topological polar surface area (TPSA) is 66.5 Å². The Bertz CT molecular complexity index is 238. The number of phenolic OH excluding ortho intramolecular Hbond substituents is 1. The largest absolute Gasteiger partial charge is 0.508 e. The zero-order valence-electron chi connectivity index (χ0n) is 7.18. The van der Waals surface area contributed by atoms with Gasteiger partial charge in [0.25, 0.3) is 0 Å². The fourth-order valence-corrected chi connectivity index (χ4v) is 1.03. The zero-order valence-corrected chi connectivity index (χ0v) is 8.00. The maximum Gasteiger partial charge on any atom is 0.115 e. The van der Waals surface area contributed by atoms with Gasteiger partial charge in [0.05, 0.1) is 0 Å². The monoisotopic (exact) mass is 203 g/mol. The van der Waals surface area contributed by atoms with E-state index in [-0.39, 0.29) is 30.8 Å². The molecule has 4 N–H and O–H groups in total. The van der Waals surface area contributed by atoms with Gasteiger partial charge < -0.3 is 15.9 Å². The highest BCUT2D eigenvalue weighted by Gasteiger charge is 2.03. The zero-order chi connectivity index (χ0) is 8.97. The number of nitrogens with two attached hydrogens (primary N) is 1. The number of aliphatic hydroxyl groups excluding tert-OH is 1. The van der Waals surface area contributed by atoms with Gasteiger partial charge in [0.15, 0.2) is 0 Å². The van der Waals surface area contributed by atoms with Crippen molar-refractivity contribution in [2.75, 3.05) is 6.61 Å². The molecule has 1 aromatic carbocycles. The van der Waals surface area contributed by atoms with Crippen molar-refractivity contribution >= 4 is 12.4 Å². The van der Waals surface area contributed by atoms with Crippen LogP contribution in [0.3, 0.4) is 0 Å². The molecule has 0 fully saturated rings. The van der Waals surface area contributed by atoms with Gasteiger partial charge in [-0.25, -0.2) is 0 Å². The van der Waals surface area contributed by atoms with E-state index in [0.29, 0.717) is 6.42 Å². The minimum atomic E-state index is -0.143. The van der Waals surface area contributed by atoms with E-state index in [1.165, 1.54) is 0 Å². The SMILES string of the molecule is Cl.N[C@@H](CCO)c1ccc(O)cc1. The summed E-state index contributed by atoms with van der Waals surface area (Å²) in [6.45, 7) is 0.0854. The van der Waals surface area contributed by atoms with Crippen LogP contribution >= 0.6 is 12.4 Å². The Morgan fingerprint density at radius 2 is 1.77 bits per heavy atom. The molecule has 0 saturated heterocycles. The summed E-state index contributed by atoms with van der Waals surface area (Å²) in [5, 5.41) is 17.6. The minimum Gasteiger partial charge on any atom is -0.508 e. The van der Waals surface area contributed by atoms with Crippen molar-refractivity contribution in [3.8, 4) is 5.75 Å². The molecule has 1 rings (SSSR count). The van der Waals surface area contributed by atoms with Crippen molar-refractivity contribution in [2.45, 2.75) is 12.5 Å². The fourth-order valence-electron chi connectivity index (χ4n) is 1.03. The summed E-state index contributed by atoms with van der Waals surface area (Å²) in [7, 11) is 0. The van der Waals surface area contributed by atoms with Gasteiger partial charge in [-0.2, -0.15) is 0 Å². The van der Waals surface area contributed by atoms with Crippen LogP contribution in [-0.2, 0) is 0 Å². The lowest BCUT2D eigenvalue weighted by molar-refractivity contribution is 0.276. The summed E-state index contributed by atoms with van der Waals surface area (Å²) in [5.41, 5.74) is 6.65. The standard InChI is InChI=1S/C9H13NO2.ClH/c10-9(5-6-11)7-1-3-8(12)4-2-7;/h1-4,9,11-12H,5-6,10H2;1H/t9-;/m0./s1. The van der Waals surface area contributed by atoms with Crippen LogP contribution in [0.4, 0.5) is 0 Å². The third kappa shape index (κ3) is 3.63. The van der Waals surface area contributed by atoms with Crippen LogP contribution in [0.25, 0.3) is 0 Å². The molecule has 4 heteroatoms. The van der Waals surface area contributed by atoms with Crippen molar-refractivity contribution in [1.29, 1.82) is 0 Å². The molecule has 1 atom stereocenters. The van der Waals surface area contributed by atoms with Crippen LogP contribution < -0.4 is 5.73 Å². The molecule has 3 nitrogen and oxygen atoms in total. The van der Waals surface area contributed by atoms with Gasteiger partial charge >= 0.3 is 0 Å². The first-order valence-electron chi connectivity index (χ1n) is 3.89. The van der Waals surface area contributed by atoms with E-state index < -0.39 is 0 Å². The molecular formula is C9H14ClNO2.